The van der Waals surface area contributed by atoms with Crippen molar-refractivity contribution in [2.24, 2.45) is 0 Å². The highest BCUT2D eigenvalue weighted by Crippen LogP contribution is 2.22. The van der Waals surface area contributed by atoms with Gasteiger partial charge < -0.3 is 4.42 Å². The van der Waals surface area contributed by atoms with Crippen LogP contribution in [0.1, 0.15) is 35.8 Å². The van der Waals surface area contributed by atoms with Gasteiger partial charge in [0.15, 0.2) is 9.80 Å². The van der Waals surface area contributed by atoms with E-state index in [0.717, 1.165) is 5.69 Å². The van der Waals surface area contributed by atoms with Gasteiger partial charge in [0.2, 0.25) is 0 Å². The highest BCUT2D eigenvalue weighted by molar-refractivity contribution is 9.10. The molecule has 17 heavy (non-hydrogen) atoms. The average Bonchev–Trinajstić information content (AvgIpc) is 2.86. The summed E-state index contributed by atoms with van der Waals surface area (Å²) in [5.74, 6) is 0.143. The number of carbonyl (C=O) groups excluding carboxylic acids is 1. The molecule has 2 aromatic rings. The van der Waals surface area contributed by atoms with E-state index in [1.54, 1.807) is 6.07 Å². The Morgan fingerprint density at radius 3 is 2.88 bits per heavy atom. The first-order chi connectivity index (χ1) is 8.06. The molecule has 0 spiro atoms. The quantitative estimate of drug-likeness (QED) is 0.935. The van der Waals surface area contributed by atoms with Crippen LogP contribution in [0.25, 0.3) is 0 Å². The van der Waals surface area contributed by atoms with Gasteiger partial charge in [-0.05, 0) is 21.8 Å². The molecule has 0 bridgehead atoms. The molecule has 6 heteroatoms. The van der Waals surface area contributed by atoms with E-state index in [1.165, 1.54) is 17.6 Å². The van der Waals surface area contributed by atoms with E-state index < -0.39 is 0 Å². The largest absolute Gasteiger partial charge is 0.457 e. The number of amides is 1. The van der Waals surface area contributed by atoms with Crippen LogP contribution in [0.4, 0.5) is 5.13 Å². The van der Waals surface area contributed by atoms with E-state index in [9.17, 15) is 4.79 Å². The smallest absolute Gasteiger partial charge is 0.260 e. The number of nitrogens with zero attached hydrogens (tertiary/aromatic N) is 1. The maximum absolute atomic E-state index is 11.8. The summed E-state index contributed by atoms with van der Waals surface area (Å²) in [4.78, 5) is 16.1. The summed E-state index contributed by atoms with van der Waals surface area (Å²) in [7, 11) is 0. The summed E-state index contributed by atoms with van der Waals surface area (Å²) in [6.45, 7) is 4.13. The number of thiazole rings is 1. The van der Waals surface area contributed by atoms with Crippen molar-refractivity contribution in [3.63, 3.8) is 0 Å². The van der Waals surface area contributed by atoms with E-state index >= 15 is 0 Å². The molecule has 4 nitrogen and oxygen atoms in total. The molecular formula is C11H11BrN2O2S. The van der Waals surface area contributed by atoms with Crippen molar-refractivity contribution in [1.29, 1.82) is 0 Å². The Labute approximate surface area is 111 Å². The molecule has 0 aliphatic rings. The van der Waals surface area contributed by atoms with Crippen LogP contribution in [-0.2, 0) is 0 Å². The number of rotatable bonds is 3. The number of anilines is 1. The summed E-state index contributed by atoms with van der Waals surface area (Å²) < 4.78 is 5.54. The number of carbonyl (C=O) groups is 1. The lowest BCUT2D eigenvalue weighted by atomic mass is 10.2. The van der Waals surface area contributed by atoms with Crippen LogP contribution in [0.5, 0.6) is 0 Å². The van der Waals surface area contributed by atoms with Crippen molar-refractivity contribution < 1.29 is 9.21 Å². The van der Waals surface area contributed by atoms with Crippen LogP contribution in [0.2, 0.25) is 0 Å². The zero-order valence-corrected chi connectivity index (χ0v) is 11.8. The number of aromatic nitrogens is 1. The van der Waals surface area contributed by atoms with Gasteiger partial charge in [-0.25, -0.2) is 4.98 Å². The lowest BCUT2D eigenvalue weighted by Crippen LogP contribution is -2.10. The van der Waals surface area contributed by atoms with Crippen LogP contribution in [0.3, 0.4) is 0 Å². The summed E-state index contributed by atoms with van der Waals surface area (Å²) in [5.41, 5.74) is 1.46. The first-order valence-electron chi connectivity index (χ1n) is 5.07. The molecule has 0 aliphatic carbocycles. The summed E-state index contributed by atoms with van der Waals surface area (Å²) >= 11 is 4.57. The molecule has 0 radical (unpaired) electrons. The minimum absolute atomic E-state index is 0.218. The SMILES string of the molecule is CC(C)c1csc(NC(=O)c2coc(Br)c2)n1. The molecule has 2 aromatic heterocycles. The van der Waals surface area contributed by atoms with Gasteiger partial charge in [0, 0.05) is 11.4 Å². The third-order valence-corrected chi connectivity index (χ3v) is 3.36. The van der Waals surface area contributed by atoms with E-state index in [2.05, 4.69) is 40.1 Å². The molecule has 0 atom stereocenters. The lowest BCUT2D eigenvalue weighted by Gasteiger charge is -1.99. The van der Waals surface area contributed by atoms with Crippen LogP contribution in [0.15, 0.2) is 26.8 Å². The first kappa shape index (κ1) is 12.3. The van der Waals surface area contributed by atoms with Gasteiger partial charge >= 0.3 is 0 Å². The zero-order valence-electron chi connectivity index (χ0n) is 9.36. The average molecular weight is 315 g/mol. The second kappa shape index (κ2) is 5.01. The number of nitrogens with one attached hydrogen (secondary N) is 1. The van der Waals surface area contributed by atoms with Crippen molar-refractivity contribution in [2.75, 3.05) is 5.32 Å². The molecule has 0 fully saturated rings. The molecule has 0 aromatic carbocycles. The molecular weight excluding hydrogens is 304 g/mol. The van der Waals surface area contributed by atoms with Gasteiger partial charge in [0.05, 0.1) is 11.3 Å². The minimum Gasteiger partial charge on any atom is -0.457 e. The maximum atomic E-state index is 11.8. The fourth-order valence-corrected chi connectivity index (χ4v) is 2.41. The highest BCUT2D eigenvalue weighted by atomic mass is 79.9. The normalized spacial score (nSPS) is 10.8. The molecule has 0 saturated heterocycles. The predicted octanol–water partition coefficient (Wildman–Crippen LogP) is 3.87. The van der Waals surface area contributed by atoms with Gasteiger partial charge in [-0.1, -0.05) is 13.8 Å². The molecule has 0 aliphatic heterocycles. The fourth-order valence-electron chi connectivity index (χ4n) is 1.21. The monoisotopic (exact) mass is 314 g/mol. The molecule has 0 saturated carbocycles. The van der Waals surface area contributed by atoms with Crippen molar-refractivity contribution >= 4 is 38.3 Å². The second-order valence-electron chi connectivity index (χ2n) is 3.83. The summed E-state index contributed by atoms with van der Waals surface area (Å²) in [5, 5.41) is 5.29. The van der Waals surface area contributed by atoms with Crippen molar-refractivity contribution in [1.82, 2.24) is 4.98 Å². The standard InChI is InChI=1S/C11H11BrN2O2S/c1-6(2)8-5-17-11(13-8)14-10(15)7-3-9(12)16-4-7/h3-6H,1-2H3,(H,13,14,15). The van der Waals surface area contributed by atoms with Crippen LogP contribution >= 0.6 is 27.3 Å². The Balaban J connectivity index is 2.07. The number of furan rings is 1. The van der Waals surface area contributed by atoms with E-state index in [0.29, 0.717) is 21.3 Å². The molecule has 0 unspecified atom stereocenters. The first-order valence-corrected chi connectivity index (χ1v) is 6.74. The number of hydrogen-bond donors (Lipinski definition) is 1. The van der Waals surface area contributed by atoms with Gasteiger partial charge in [0.25, 0.3) is 5.91 Å². The Morgan fingerprint density at radius 2 is 2.35 bits per heavy atom. The minimum atomic E-state index is -0.218. The van der Waals surface area contributed by atoms with E-state index in [-0.39, 0.29) is 5.91 Å². The highest BCUT2D eigenvalue weighted by Gasteiger charge is 2.12. The Kier molecular flexibility index (Phi) is 3.63. The zero-order chi connectivity index (χ0) is 12.4. The topological polar surface area (TPSA) is 55.1 Å². The molecule has 90 valence electrons. The van der Waals surface area contributed by atoms with Gasteiger partial charge in [-0.15, -0.1) is 11.3 Å². The van der Waals surface area contributed by atoms with Crippen molar-refractivity contribution in [3.8, 4) is 0 Å². The van der Waals surface area contributed by atoms with Crippen molar-refractivity contribution in [2.45, 2.75) is 19.8 Å². The summed E-state index contributed by atoms with van der Waals surface area (Å²) in [6.07, 6.45) is 1.40. The van der Waals surface area contributed by atoms with Crippen LogP contribution in [0, 0.1) is 0 Å². The molecule has 2 heterocycles. The predicted molar refractivity (Wildman–Crippen MR) is 70.6 cm³/mol. The number of halogens is 1. The Bertz CT molecular complexity index is 533. The fraction of sp³-hybridized carbons (Fsp3) is 0.273. The number of hydrogen-bond acceptors (Lipinski definition) is 4. The van der Waals surface area contributed by atoms with Crippen molar-refractivity contribution in [3.05, 3.63) is 33.6 Å². The molecule has 2 rings (SSSR count). The third-order valence-electron chi connectivity index (χ3n) is 2.16. The van der Waals surface area contributed by atoms with Gasteiger partial charge in [-0.2, -0.15) is 0 Å². The van der Waals surface area contributed by atoms with Gasteiger partial charge in [0.1, 0.15) is 6.26 Å². The van der Waals surface area contributed by atoms with Crippen LogP contribution < -0.4 is 5.32 Å². The Hall–Kier alpha value is -1.14. The third kappa shape index (κ3) is 2.95. The van der Waals surface area contributed by atoms with Crippen LogP contribution in [-0.4, -0.2) is 10.9 Å². The van der Waals surface area contributed by atoms with E-state index in [1.807, 2.05) is 5.38 Å². The lowest BCUT2D eigenvalue weighted by molar-refractivity contribution is 0.102. The summed E-state index contributed by atoms with van der Waals surface area (Å²) in [6, 6.07) is 1.62. The Morgan fingerprint density at radius 1 is 1.59 bits per heavy atom. The maximum Gasteiger partial charge on any atom is 0.260 e. The molecule has 1 N–H and O–H groups in total. The van der Waals surface area contributed by atoms with E-state index in [4.69, 9.17) is 4.42 Å². The van der Waals surface area contributed by atoms with Gasteiger partial charge in [-0.3, -0.25) is 10.1 Å². The second-order valence-corrected chi connectivity index (χ2v) is 5.47. The molecule has 1 amide bonds.